The van der Waals surface area contributed by atoms with Crippen LogP contribution in [0.3, 0.4) is 0 Å². The van der Waals surface area contributed by atoms with Gasteiger partial charge in [0.1, 0.15) is 11.3 Å². The first-order chi connectivity index (χ1) is 8.54. The van der Waals surface area contributed by atoms with Crippen LogP contribution in [0.5, 0.6) is 0 Å². The number of carboxylic acids is 1. The Bertz CT molecular complexity index is 637. The van der Waals surface area contributed by atoms with Gasteiger partial charge in [-0.25, -0.2) is 13.8 Å². The molecule has 2 heterocycles. The maximum atomic E-state index is 13.4. The van der Waals surface area contributed by atoms with Gasteiger partial charge in [-0.3, -0.25) is 4.79 Å². The van der Waals surface area contributed by atoms with E-state index in [4.69, 9.17) is 5.11 Å². The Morgan fingerprint density at radius 2 is 2.17 bits per heavy atom. The van der Waals surface area contributed by atoms with E-state index < -0.39 is 23.5 Å². The summed E-state index contributed by atoms with van der Waals surface area (Å²) in [6.45, 7) is 0.721. The SMILES string of the molecule is O=C(O)C1CN(c2nc3c(F)cc(F)cc3s2)C1. The van der Waals surface area contributed by atoms with Crippen molar-refractivity contribution in [1.29, 1.82) is 0 Å². The second-order valence-electron chi connectivity index (χ2n) is 4.17. The number of fused-ring (bicyclic) bond motifs is 1. The number of carboxylic acid groups (broad SMARTS) is 1. The Kier molecular flexibility index (Phi) is 2.44. The lowest BCUT2D eigenvalue weighted by Gasteiger charge is -2.36. The molecule has 18 heavy (non-hydrogen) atoms. The van der Waals surface area contributed by atoms with Crippen molar-refractivity contribution in [2.75, 3.05) is 18.0 Å². The zero-order valence-electron chi connectivity index (χ0n) is 9.06. The number of nitrogens with zero attached hydrogens (tertiary/aromatic N) is 2. The highest BCUT2D eigenvalue weighted by atomic mass is 32.1. The van der Waals surface area contributed by atoms with E-state index in [1.165, 1.54) is 17.4 Å². The van der Waals surface area contributed by atoms with E-state index in [0.717, 1.165) is 6.07 Å². The van der Waals surface area contributed by atoms with Crippen LogP contribution in [0.4, 0.5) is 13.9 Å². The van der Waals surface area contributed by atoms with Crippen molar-refractivity contribution in [3.8, 4) is 0 Å². The van der Waals surface area contributed by atoms with Crippen LogP contribution in [0.1, 0.15) is 0 Å². The summed E-state index contributed by atoms with van der Waals surface area (Å²) in [6.07, 6.45) is 0. The quantitative estimate of drug-likeness (QED) is 0.908. The molecule has 1 aliphatic heterocycles. The van der Waals surface area contributed by atoms with Crippen LogP contribution in [0.2, 0.25) is 0 Å². The predicted octanol–water partition coefficient (Wildman–Crippen LogP) is 2.10. The van der Waals surface area contributed by atoms with Gasteiger partial charge in [-0.15, -0.1) is 0 Å². The average Bonchev–Trinajstić information content (AvgIpc) is 2.58. The minimum Gasteiger partial charge on any atom is -0.481 e. The molecule has 0 amide bonds. The summed E-state index contributed by atoms with van der Waals surface area (Å²) in [7, 11) is 0. The number of hydrogen-bond donors (Lipinski definition) is 1. The van der Waals surface area contributed by atoms with Crippen molar-refractivity contribution in [2.24, 2.45) is 5.92 Å². The first kappa shape index (κ1) is 11.3. The normalized spacial score (nSPS) is 16.0. The highest BCUT2D eigenvalue weighted by Gasteiger charge is 2.34. The van der Waals surface area contributed by atoms with Crippen molar-refractivity contribution in [2.45, 2.75) is 0 Å². The molecular weight excluding hydrogens is 262 g/mol. The van der Waals surface area contributed by atoms with E-state index in [0.29, 0.717) is 22.9 Å². The molecule has 0 spiro atoms. The van der Waals surface area contributed by atoms with Crippen molar-refractivity contribution in [1.82, 2.24) is 4.98 Å². The number of thiazole rings is 1. The molecule has 1 aliphatic rings. The minimum absolute atomic E-state index is 0.134. The third kappa shape index (κ3) is 1.71. The van der Waals surface area contributed by atoms with Crippen molar-refractivity contribution < 1.29 is 18.7 Å². The second-order valence-corrected chi connectivity index (χ2v) is 5.18. The van der Waals surface area contributed by atoms with E-state index in [1.807, 2.05) is 0 Å². The third-order valence-electron chi connectivity index (χ3n) is 2.90. The molecule has 2 aromatic rings. The maximum absolute atomic E-state index is 13.4. The van der Waals surface area contributed by atoms with E-state index in [-0.39, 0.29) is 5.52 Å². The Morgan fingerprint density at radius 1 is 1.44 bits per heavy atom. The van der Waals surface area contributed by atoms with Crippen LogP contribution in [0.15, 0.2) is 12.1 Å². The van der Waals surface area contributed by atoms with Gasteiger partial charge < -0.3 is 10.0 Å². The Balaban J connectivity index is 1.91. The second kappa shape index (κ2) is 3.88. The van der Waals surface area contributed by atoms with Gasteiger partial charge in [0.25, 0.3) is 0 Å². The fraction of sp³-hybridized carbons (Fsp3) is 0.273. The molecule has 94 valence electrons. The lowest BCUT2D eigenvalue weighted by atomic mass is 10.0. The first-order valence-corrected chi connectivity index (χ1v) is 6.09. The van der Waals surface area contributed by atoms with Gasteiger partial charge in [0.2, 0.25) is 0 Å². The molecule has 4 nitrogen and oxygen atoms in total. The molecule has 3 rings (SSSR count). The predicted molar refractivity (Wildman–Crippen MR) is 62.9 cm³/mol. The molecule has 1 saturated heterocycles. The maximum Gasteiger partial charge on any atom is 0.310 e. The van der Waals surface area contributed by atoms with Gasteiger partial charge >= 0.3 is 5.97 Å². The van der Waals surface area contributed by atoms with E-state index >= 15 is 0 Å². The number of halogens is 2. The fourth-order valence-corrected chi connectivity index (χ4v) is 2.89. The van der Waals surface area contributed by atoms with Gasteiger partial charge in [0.05, 0.1) is 10.6 Å². The highest BCUT2D eigenvalue weighted by Crippen LogP contribution is 2.34. The van der Waals surface area contributed by atoms with Crippen LogP contribution >= 0.6 is 11.3 Å². The number of carbonyl (C=O) groups is 1. The van der Waals surface area contributed by atoms with E-state index in [2.05, 4.69) is 4.98 Å². The Hall–Kier alpha value is -1.76. The lowest BCUT2D eigenvalue weighted by molar-refractivity contribution is -0.142. The summed E-state index contributed by atoms with van der Waals surface area (Å²) in [5.41, 5.74) is 0.134. The molecular formula is C11H8F2N2O2S. The van der Waals surface area contributed by atoms with Crippen LogP contribution in [0, 0.1) is 17.6 Å². The molecule has 7 heteroatoms. The van der Waals surface area contributed by atoms with E-state index in [1.54, 1.807) is 4.90 Å². The molecule has 1 aromatic carbocycles. The van der Waals surface area contributed by atoms with Crippen LogP contribution in [-0.2, 0) is 4.79 Å². The zero-order valence-corrected chi connectivity index (χ0v) is 9.88. The summed E-state index contributed by atoms with van der Waals surface area (Å²) < 4.78 is 26.9. The number of rotatable bonds is 2. The number of hydrogen-bond acceptors (Lipinski definition) is 4. The topological polar surface area (TPSA) is 53.4 Å². The number of aliphatic carboxylic acids is 1. The minimum atomic E-state index is -0.843. The van der Waals surface area contributed by atoms with Gasteiger partial charge in [0.15, 0.2) is 10.9 Å². The first-order valence-electron chi connectivity index (χ1n) is 5.28. The molecule has 1 N–H and O–H groups in total. The van der Waals surface area contributed by atoms with Crippen molar-refractivity contribution in [3.63, 3.8) is 0 Å². The largest absolute Gasteiger partial charge is 0.481 e. The molecule has 0 bridgehead atoms. The van der Waals surface area contributed by atoms with Gasteiger partial charge in [-0.05, 0) is 6.07 Å². The molecule has 1 fully saturated rings. The Labute approximate surface area is 104 Å². The molecule has 0 atom stereocenters. The van der Waals surface area contributed by atoms with Gasteiger partial charge in [-0.1, -0.05) is 11.3 Å². The molecule has 1 aromatic heterocycles. The van der Waals surface area contributed by atoms with Crippen LogP contribution in [-0.4, -0.2) is 29.1 Å². The van der Waals surface area contributed by atoms with Crippen LogP contribution < -0.4 is 4.90 Å². The number of benzene rings is 1. The molecule has 0 radical (unpaired) electrons. The summed E-state index contributed by atoms with van der Waals surface area (Å²) in [4.78, 5) is 16.5. The monoisotopic (exact) mass is 270 g/mol. The Morgan fingerprint density at radius 3 is 2.83 bits per heavy atom. The summed E-state index contributed by atoms with van der Waals surface area (Å²) in [6, 6.07) is 2.02. The summed E-state index contributed by atoms with van der Waals surface area (Å²) >= 11 is 1.17. The number of anilines is 1. The van der Waals surface area contributed by atoms with Crippen molar-refractivity contribution >= 4 is 32.7 Å². The smallest absolute Gasteiger partial charge is 0.310 e. The molecule has 0 unspecified atom stereocenters. The zero-order chi connectivity index (χ0) is 12.9. The summed E-state index contributed by atoms with van der Waals surface area (Å²) in [5, 5.41) is 9.30. The standard InChI is InChI=1S/C11H8F2N2O2S/c12-6-1-7(13)9-8(2-6)18-11(14-9)15-3-5(4-15)10(16)17/h1-2,5H,3-4H2,(H,16,17). The van der Waals surface area contributed by atoms with Gasteiger partial charge in [0, 0.05) is 19.2 Å². The summed E-state index contributed by atoms with van der Waals surface area (Å²) in [5.74, 6) is -2.58. The van der Waals surface area contributed by atoms with Crippen molar-refractivity contribution in [3.05, 3.63) is 23.8 Å². The van der Waals surface area contributed by atoms with E-state index in [9.17, 15) is 13.6 Å². The highest BCUT2D eigenvalue weighted by molar-refractivity contribution is 7.22. The number of aromatic nitrogens is 1. The average molecular weight is 270 g/mol. The fourth-order valence-electron chi connectivity index (χ4n) is 1.87. The van der Waals surface area contributed by atoms with Crippen LogP contribution in [0.25, 0.3) is 10.2 Å². The van der Waals surface area contributed by atoms with Gasteiger partial charge in [-0.2, -0.15) is 0 Å². The lowest BCUT2D eigenvalue weighted by Crippen LogP contribution is -2.50. The molecule has 0 saturated carbocycles. The molecule has 0 aliphatic carbocycles. The third-order valence-corrected chi connectivity index (χ3v) is 3.97.